The third kappa shape index (κ3) is 6.77. The van der Waals surface area contributed by atoms with E-state index < -0.39 is 0 Å². The maximum atomic E-state index is 12.1. The number of benzene rings is 2. The second kappa shape index (κ2) is 11.0. The van der Waals surface area contributed by atoms with Crippen molar-refractivity contribution in [2.45, 2.75) is 26.7 Å². The zero-order valence-corrected chi connectivity index (χ0v) is 17.9. The van der Waals surface area contributed by atoms with Crippen molar-refractivity contribution in [3.05, 3.63) is 52.5 Å². The topological polar surface area (TPSA) is 67.4 Å². The number of hydrogen-bond donors (Lipinski definition) is 2. The molecule has 0 saturated carbocycles. The Hall–Kier alpha value is -2.18. The molecule has 28 heavy (non-hydrogen) atoms. The molecule has 0 bridgehead atoms. The van der Waals surface area contributed by atoms with Crippen LogP contribution in [0.1, 0.15) is 24.0 Å². The highest BCUT2D eigenvalue weighted by atomic mass is 35.5. The molecular weight excluding hydrogens is 396 g/mol. The predicted octanol–water partition coefficient (Wildman–Crippen LogP) is 5.06. The van der Waals surface area contributed by atoms with Crippen LogP contribution in [0.25, 0.3) is 0 Å². The number of amides is 2. The molecule has 2 rings (SSSR count). The minimum absolute atomic E-state index is 0.00823. The first-order valence-electron chi connectivity index (χ1n) is 8.98. The first-order valence-corrected chi connectivity index (χ1v) is 10.5. The van der Waals surface area contributed by atoms with E-state index in [0.717, 1.165) is 22.6 Å². The minimum Gasteiger partial charge on any atom is -0.495 e. The van der Waals surface area contributed by atoms with Crippen molar-refractivity contribution >= 4 is 46.6 Å². The lowest BCUT2D eigenvalue weighted by atomic mass is 10.1. The molecule has 2 aromatic rings. The molecule has 150 valence electrons. The van der Waals surface area contributed by atoms with Crippen LogP contribution in [-0.4, -0.2) is 30.4 Å². The molecule has 2 amide bonds. The molecule has 0 fully saturated rings. The van der Waals surface area contributed by atoms with Gasteiger partial charge < -0.3 is 15.4 Å². The third-order valence-corrected chi connectivity index (χ3v) is 5.39. The summed E-state index contributed by atoms with van der Waals surface area (Å²) in [6, 6.07) is 11.0. The van der Waals surface area contributed by atoms with E-state index in [4.69, 9.17) is 16.3 Å². The molecule has 0 aromatic heterocycles. The van der Waals surface area contributed by atoms with Gasteiger partial charge in [-0.05, 0) is 55.3 Å². The molecule has 0 spiro atoms. The smallest absolute Gasteiger partial charge is 0.234 e. The molecule has 0 aliphatic rings. The van der Waals surface area contributed by atoms with E-state index in [2.05, 4.69) is 10.6 Å². The van der Waals surface area contributed by atoms with E-state index in [9.17, 15) is 9.59 Å². The van der Waals surface area contributed by atoms with E-state index in [0.29, 0.717) is 35.1 Å². The van der Waals surface area contributed by atoms with E-state index >= 15 is 0 Å². The minimum atomic E-state index is -0.134. The van der Waals surface area contributed by atoms with Crippen LogP contribution >= 0.6 is 23.4 Å². The van der Waals surface area contributed by atoms with Crippen LogP contribution in [0.5, 0.6) is 5.75 Å². The van der Waals surface area contributed by atoms with E-state index in [1.165, 1.54) is 18.9 Å². The number of nitrogens with one attached hydrogen (secondary N) is 2. The van der Waals surface area contributed by atoms with Gasteiger partial charge in [0.2, 0.25) is 11.8 Å². The van der Waals surface area contributed by atoms with Crippen LogP contribution in [0.3, 0.4) is 0 Å². The molecule has 5 nitrogen and oxygen atoms in total. The number of para-hydroxylation sites is 1. The zero-order chi connectivity index (χ0) is 20.5. The number of carbonyl (C=O) groups excluding carboxylic acids is 2. The summed E-state index contributed by atoms with van der Waals surface area (Å²) in [4.78, 5) is 24.2. The van der Waals surface area contributed by atoms with Gasteiger partial charge in [-0.1, -0.05) is 29.8 Å². The largest absolute Gasteiger partial charge is 0.495 e. The third-order valence-electron chi connectivity index (χ3n) is 4.11. The Bertz CT molecular complexity index is 822. The van der Waals surface area contributed by atoms with Gasteiger partial charge in [0.25, 0.3) is 0 Å². The number of hydrogen-bond acceptors (Lipinski definition) is 4. The van der Waals surface area contributed by atoms with Gasteiger partial charge in [0.15, 0.2) is 0 Å². The lowest BCUT2D eigenvalue weighted by Gasteiger charge is -2.11. The fourth-order valence-electron chi connectivity index (χ4n) is 2.68. The molecule has 0 aliphatic carbocycles. The first kappa shape index (κ1) is 22.1. The van der Waals surface area contributed by atoms with Crippen molar-refractivity contribution in [2.24, 2.45) is 0 Å². The lowest BCUT2D eigenvalue weighted by molar-refractivity contribution is -0.116. The SMILES string of the molecule is COc1ccc(Cl)cc1NC(=O)CSCCCC(=O)Nc1c(C)cccc1C. The summed E-state index contributed by atoms with van der Waals surface area (Å²) in [6.07, 6.45) is 1.12. The van der Waals surface area contributed by atoms with Gasteiger partial charge in [-0.15, -0.1) is 0 Å². The van der Waals surface area contributed by atoms with Gasteiger partial charge >= 0.3 is 0 Å². The number of methoxy groups -OCH3 is 1. The van der Waals surface area contributed by atoms with Crippen molar-refractivity contribution < 1.29 is 14.3 Å². The molecule has 2 aromatic carbocycles. The lowest BCUT2D eigenvalue weighted by Crippen LogP contribution is -2.16. The van der Waals surface area contributed by atoms with Crippen molar-refractivity contribution in [3.63, 3.8) is 0 Å². The van der Waals surface area contributed by atoms with Crippen molar-refractivity contribution in [2.75, 3.05) is 29.2 Å². The summed E-state index contributed by atoms with van der Waals surface area (Å²) >= 11 is 7.45. The van der Waals surface area contributed by atoms with E-state index in [-0.39, 0.29) is 11.8 Å². The van der Waals surface area contributed by atoms with Crippen molar-refractivity contribution in [1.29, 1.82) is 0 Å². The van der Waals surface area contributed by atoms with Gasteiger partial charge in [0.1, 0.15) is 5.75 Å². The van der Waals surface area contributed by atoms with Crippen molar-refractivity contribution in [3.8, 4) is 5.75 Å². The van der Waals surface area contributed by atoms with Gasteiger partial charge in [-0.25, -0.2) is 0 Å². The normalized spacial score (nSPS) is 10.4. The number of thioether (sulfide) groups is 1. The number of anilines is 2. The highest BCUT2D eigenvalue weighted by molar-refractivity contribution is 7.99. The fourth-order valence-corrected chi connectivity index (χ4v) is 3.60. The Balaban J connectivity index is 1.69. The van der Waals surface area contributed by atoms with Crippen LogP contribution in [0, 0.1) is 13.8 Å². The molecule has 0 unspecified atom stereocenters. The number of ether oxygens (including phenoxy) is 1. The molecule has 0 heterocycles. The predicted molar refractivity (Wildman–Crippen MR) is 118 cm³/mol. The molecule has 0 saturated heterocycles. The summed E-state index contributed by atoms with van der Waals surface area (Å²) in [7, 11) is 1.54. The highest BCUT2D eigenvalue weighted by Gasteiger charge is 2.10. The monoisotopic (exact) mass is 420 g/mol. The van der Waals surface area contributed by atoms with Crippen LogP contribution in [0.4, 0.5) is 11.4 Å². The average molecular weight is 421 g/mol. The maximum absolute atomic E-state index is 12.1. The second-order valence-corrected chi connectivity index (χ2v) is 7.91. The van der Waals surface area contributed by atoms with Crippen LogP contribution in [-0.2, 0) is 9.59 Å². The van der Waals surface area contributed by atoms with Gasteiger partial charge in [0, 0.05) is 17.1 Å². The zero-order valence-electron chi connectivity index (χ0n) is 16.3. The van der Waals surface area contributed by atoms with Crippen LogP contribution < -0.4 is 15.4 Å². The van der Waals surface area contributed by atoms with Gasteiger partial charge in [-0.2, -0.15) is 11.8 Å². The Kier molecular flexibility index (Phi) is 8.67. The summed E-state index contributed by atoms with van der Waals surface area (Å²) in [5, 5.41) is 6.30. The van der Waals surface area contributed by atoms with E-state index in [1.807, 2.05) is 32.0 Å². The molecule has 0 radical (unpaired) electrons. The highest BCUT2D eigenvalue weighted by Crippen LogP contribution is 2.27. The summed E-state index contributed by atoms with van der Waals surface area (Å²) < 4.78 is 5.21. The second-order valence-electron chi connectivity index (χ2n) is 6.36. The Labute approximate surface area is 175 Å². The van der Waals surface area contributed by atoms with Gasteiger partial charge in [-0.3, -0.25) is 9.59 Å². The number of aryl methyl sites for hydroxylation is 2. The molecular formula is C21H25ClN2O3S. The summed E-state index contributed by atoms with van der Waals surface area (Å²) in [5.74, 6) is 1.44. The van der Waals surface area contributed by atoms with Crippen molar-refractivity contribution in [1.82, 2.24) is 0 Å². The molecule has 2 N–H and O–H groups in total. The van der Waals surface area contributed by atoms with E-state index in [1.54, 1.807) is 18.2 Å². The molecule has 0 atom stereocenters. The fraction of sp³-hybridized carbons (Fsp3) is 0.333. The molecule has 0 aliphatic heterocycles. The number of rotatable bonds is 9. The van der Waals surface area contributed by atoms with Crippen LogP contribution in [0.15, 0.2) is 36.4 Å². The average Bonchev–Trinajstić information content (AvgIpc) is 2.65. The molecule has 7 heteroatoms. The Morgan fingerprint density at radius 2 is 1.79 bits per heavy atom. The summed E-state index contributed by atoms with van der Waals surface area (Å²) in [5.41, 5.74) is 3.54. The summed E-state index contributed by atoms with van der Waals surface area (Å²) in [6.45, 7) is 3.96. The van der Waals surface area contributed by atoms with Crippen LogP contribution in [0.2, 0.25) is 5.02 Å². The van der Waals surface area contributed by atoms with Gasteiger partial charge in [0.05, 0.1) is 18.6 Å². The number of halogens is 1. The maximum Gasteiger partial charge on any atom is 0.234 e. The standard InChI is InChI=1S/C21H25ClN2O3S/c1-14-6-4-7-15(2)21(14)24-19(25)8-5-11-28-13-20(26)23-17-12-16(22)9-10-18(17)27-3/h4,6-7,9-10,12H,5,8,11,13H2,1-3H3,(H,23,26)(H,24,25). The quantitative estimate of drug-likeness (QED) is 0.556. The Morgan fingerprint density at radius 3 is 2.46 bits per heavy atom. The Morgan fingerprint density at radius 1 is 1.07 bits per heavy atom. The first-order chi connectivity index (χ1) is 13.4. The number of carbonyl (C=O) groups is 2.